The normalized spacial score (nSPS) is 16.4. The van der Waals surface area contributed by atoms with Gasteiger partial charge in [0, 0.05) is 19.6 Å². The van der Waals surface area contributed by atoms with Crippen LogP contribution in [0.15, 0.2) is 30.3 Å². The Morgan fingerprint density at radius 2 is 1.66 bits per heavy atom. The van der Waals surface area contributed by atoms with E-state index in [1.54, 1.807) is 0 Å². The summed E-state index contributed by atoms with van der Waals surface area (Å²) in [6.07, 6.45) is 11.6. The van der Waals surface area contributed by atoms with Crippen LogP contribution >= 0.6 is 0 Å². The molecule has 1 N–H and O–H groups in total. The molecule has 0 spiro atoms. The third-order valence-corrected chi connectivity index (χ3v) is 6.58. The van der Waals surface area contributed by atoms with Gasteiger partial charge in [0.2, 0.25) is 5.91 Å². The molecule has 1 amide bonds. The van der Waals surface area contributed by atoms with Gasteiger partial charge in [-0.25, -0.2) is 0 Å². The van der Waals surface area contributed by atoms with Gasteiger partial charge in [-0.2, -0.15) is 0 Å². The van der Waals surface area contributed by atoms with Crippen molar-refractivity contribution in [3.63, 3.8) is 0 Å². The first-order valence-corrected chi connectivity index (χ1v) is 11.7. The third-order valence-electron chi connectivity index (χ3n) is 6.58. The molecule has 0 radical (unpaired) electrons. The summed E-state index contributed by atoms with van der Waals surface area (Å²) in [7, 11) is 0. The first-order chi connectivity index (χ1) is 13.8. The molecule has 0 heterocycles. The van der Waals surface area contributed by atoms with Crippen LogP contribution in [0.1, 0.15) is 97.5 Å². The Morgan fingerprint density at radius 3 is 2.31 bits per heavy atom. The van der Waals surface area contributed by atoms with Gasteiger partial charge < -0.3 is 10.1 Å². The molecule has 1 aliphatic rings. The maximum atomic E-state index is 12.3. The summed E-state index contributed by atoms with van der Waals surface area (Å²) in [6, 6.07) is 10.6. The smallest absolute Gasteiger partial charge is 0.220 e. The Morgan fingerprint density at radius 1 is 1.00 bits per heavy atom. The molecule has 0 atom stereocenters. The van der Waals surface area contributed by atoms with Crippen molar-refractivity contribution in [1.29, 1.82) is 0 Å². The Labute approximate surface area is 179 Å². The van der Waals surface area contributed by atoms with Crippen LogP contribution in [0, 0.1) is 5.92 Å². The fourth-order valence-electron chi connectivity index (χ4n) is 4.26. The second-order valence-corrected chi connectivity index (χ2v) is 10.1. The quantitative estimate of drug-likeness (QED) is 0.435. The summed E-state index contributed by atoms with van der Waals surface area (Å²) >= 11 is 0. The highest BCUT2D eigenvalue weighted by molar-refractivity contribution is 5.75. The first kappa shape index (κ1) is 23.9. The monoisotopic (exact) mass is 401 g/mol. The van der Waals surface area contributed by atoms with Crippen molar-refractivity contribution in [3.8, 4) is 0 Å². The molecule has 1 aromatic carbocycles. The Kier molecular flexibility index (Phi) is 9.68. The lowest BCUT2D eigenvalue weighted by Crippen LogP contribution is -2.32. The zero-order valence-corrected chi connectivity index (χ0v) is 19.3. The van der Waals surface area contributed by atoms with Crippen molar-refractivity contribution in [2.24, 2.45) is 5.92 Å². The number of carbonyl (C=O) groups is 1. The summed E-state index contributed by atoms with van der Waals surface area (Å²) in [6.45, 7) is 10.3. The van der Waals surface area contributed by atoms with Crippen LogP contribution in [0.5, 0.6) is 0 Å². The summed E-state index contributed by atoms with van der Waals surface area (Å²) in [4.78, 5) is 12.3. The second-order valence-electron chi connectivity index (χ2n) is 10.1. The number of ether oxygens (including phenoxy) is 1. The molecule has 164 valence electrons. The number of benzene rings is 1. The Hall–Kier alpha value is -1.35. The van der Waals surface area contributed by atoms with E-state index in [-0.39, 0.29) is 16.9 Å². The highest BCUT2D eigenvalue weighted by atomic mass is 16.5. The molecule has 0 saturated heterocycles. The van der Waals surface area contributed by atoms with Crippen LogP contribution in [0.2, 0.25) is 0 Å². The highest BCUT2D eigenvalue weighted by Gasteiger charge is 2.24. The molecule has 0 aromatic heterocycles. The maximum Gasteiger partial charge on any atom is 0.220 e. The van der Waals surface area contributed by atoms with Crippen molar-refractivity contribution in [2.75, 3.05) is 13.2 Å². The molecule has 0 bridgehead atoms. The van der Waals surface area contributed by atoms with E-state index in [1.165, 1.54) is 44.1 Å². The van der Waals surface area contributed by atoms with E-state index in [9.17, 15) is 4.79 Å². The Balaban J connectivity index is 1.62. The zero-order chi connectivity index (χ0) is 21.2. The highest BCUT2D eigenvalue weighted by Crippen LogP contribution is 2.28. The van der Waals surface area contributed by atoms with Crippen molar-refractivity contribution in [2.45, 2.75) is 103 Å². The summed E-state index contributed by atoms with van der Waals surface area (Å²) in [5.41, 5.74) is 1.16. The minimum Gasteiger partial charge on any atom is -0.376 e. The van der Waals surface area contributed by atoms with Crippen molar-refractivity contribution in [3.05, 3.63) is 35.9 Å². The molecule has 2 rings (SSSR count). The fraction of sp³-hybridized carbons (Fsp3) is 0.731. The van der Waals surface area contributed by atoms with Crippen LogP contribution in [-0.2, 0) is 14.9 Å². The van der Waals surface area contributed by atoms with E-state index in [0.29, 0.717) is 13.0 Å². The van der Waals surface area contributed by atoms with E-state index in [2.05, 4.69) is 63.3 Å². The van der Waals surface area contributed by atoms with Crippen LogP contribution in [0.3, 0.4) is 0 Å². The summed E-state index contributed by atoms with van der Waals surface area (Å²) in [5.74, 6) is 0.977. The number of rotatable bonds is 11. The number of nitrogens with one attached hydrogen (secondary N) is 1. The standard InChI is InChI=1S/C26H43NO2/c1-25(2,23-14-10-7-11-15-23)19-21-29-26(3,4)18-16-24(28)27-20-17-22-12-8-5-6-9-13-22/h7,10-11,14-15,22H,5-6,8-9,12-13,16-21H2,1-4H3,(H,27,28). The van der Waals surface area contributed by atoms with Gasteiger partial charge >= 0.3 is 0 Å². The predicted octanol–water partition coefficient (Wildman–Crippen LogP) is 6.41. The van der Waals surface area contributed by atoms with E-state index in [1.807, 2.05) is 0 Å². The number of hydrogen-bond donors (Lipinski definition) is 1. The summed E-state index contributed by atoms with van der Waals surface area (Å²) in [5, 5.41) is 3.13. The van der Waals surface area contributed by atoms with Gasteiger partial charge in [-0.3, -0.25) is 4.79 Å². The number of amides is 1. The minimum atomic E-state index is -0.272. The van der Waals surface area contributed by atoms with E-state index in [0.717, 1.165) is 31.7 Å². The lowest BCUT2D eigenvalue weighted by atomic mass is 9.82. The molecule has 29 heavy (non-hydrogen) atoms. The van der Waals surface area contributed by atoms with Gasteiger partial charge in [0.05, 0.1) is 5.60 Å². The number of hydrogen-bond acceptors (Lipinski definition) is 2. The van der Waals surface area contributed by atoms with E-state index in [4.69, 9.17) is 4.74 Å². The summed E-state index contributed by atoms with van der Waals surface area (Å²) < 4.78 is 6.17. The molecule has 3 heteroatoms. The van der Waals surface area contributed by atoms with E-state index >= 15 is 0 Å². The molecule has 0 unspecified atom stereocenters. The second kappa shape index (κ2) is 11.7. The predicted molar refractivity (Wildman–Crippen MR) is 122 cm³/mol. The van der Waals surface area contributed by atoms with Crippen molar-refractivity contribution < 1.29 is 9.53 Å². The van der Waals surface area contributed by atoms with Gasteiger partial charge in [-0.15, -0.1) is 0 Å². The maximum absolute atomic E-state index is 12.3. The molecule has 1 aromatic rings. The molecular weight excluding hydrogens is 358 g/mol. The zero-order valence-electron chi connectivity index (χ0n) is 19.3. The molecule has 1 saturated carbocycles. The largest absolute Gasteiger partial charge is 0.376 e. The molecular formula is C26H43NO2. The van der Waals surface area contributed by atoms with Crippen LogP contribution < -0.4 is 5.32 Å². The molecule has 1 aliphatic carbocycles. The minimum absolute atomic E-state index is 0.0900. The van der Waals surface area contributed by atoms with Gasteiger partial charge in [-0.05, 0) is 50.0 Å². The van der Waals surface area contributed by atoms with E-state index < -0.39 is 0 Å². The van der Waals surface area contributed by atoms with Crippen LogP contribution in [0.4, 0.5) is 0 Å². The average molecular weight is 402 g/mol. The van der Waals surface area contributed by atoms with Crippen molar-refractivity contribution in [1.82, 2.24) is 5.32 Å². The molecule has 0 aliphatic heterocycles. The Bertz CT molecular complexity index is 586. The van der Waals surface area contributed by atoms with Gasteiger partial charge in [0.25, 0.3) is 0 Å². The van der Waals surface area contributed by atoms with Crippen molar-refractivity contribution >= 4 is 5.91 Å². The molecule has 1 fully saturated rings. The third kappa shape index (κ3) is 9.33. The fourth-order valence-corrected chi connectivity index (χ4v) is 4.26. The average Bonchev–Trinajstić information content (AvgIpc) is 2.96. The van der Waals surface area contributed by atoms with Crippen LogP contribution in [-0.4, -0.2) is 24.7 Å². The topological polar surface area (TPSA) is 38.3 Å². The lowest BCUT2D eigenvalue weighted by Gasteiger charge is -2.30. The van der Waals surface area contributed by atoms with Crippen LogP contribution in [0.25, 0.3) is 0 Å². The first-order valence-electron chi connectivity index (χ1n) is 11.7. The number of carbonyl (C=O) groups excluding carboxylic acids is 1. The van der Waals surface area contributed by atoms with Gasteiger partial charge in [0.15, 0.2) is 0 Å². The van der Waals surface area contributed by atoms with Gasteiger partial charge in [-0.1, -0.05) is 82.7 Å². The molecule has 3 nitrogen and oxygen atoms in total. The van der Waals surface area contributed by atoms with Gasteiger partial charge in [0.1, 0.15) is 0 Å². The lowest BCUT2D eigenvalue weighted by molar-refractivity contribution is -0.123. The SMILES string of the molecule is CC(C)(CCC(=O)NCCC1CCCCCC1)OCCC(C)(C)c1ccccc1.